The summed E-state index contributed by atoms with van der Waals surface area (Å²) in [5.41, 5.74) is 5.35. The van der Waals surface area contributed by atoms with Crippen molar-refractivity contribution in [1.29, 1.82) is 0 Å². The number of fused-ring (bicyclic) bond motifs is 2. The first-order valence-electron chi connectivity index (χ1n) is 12.0. The van der Waals surface area contributed by atoms with Crippen LogP contribution in [0.2, 0.25) is 0 Å². The number of halogens is 2. The van der Waals surface area contributed by atoms with Gasteiger partial charge in [-0.2, -0.15) is 0 Å². The number of rotatable bonds is 6. The second-order valence-corrected chi connectivity index (χ2v) is 9.83. The summed E-state index contributed by atoms with van der Waals surface area (Å²) in [5, 5.41) is 0. The minimum absolute atomic E-state index is 0.0279. The van der Waals surface area contributed by atoms with Gasteiger partial charge in [0.2, 0.25) is 0 Å². The Kier molecular flexibility index (Phi) is 4.97. The molecule has 3 aliphatic rings. The lowest BCUT2D eigenvalue weighted by Gasteiger charge is -2.16. The molecule has 2 heterocycles. The Balaban J connectivity index is 1.29. The van der Waals surface area contributed by atoms with Crippen molar-refractivity contribution in [3.63, 3.8) is 0 Å². The SMILES string of the molecule is CC(=O)c1cc(-c2cc(CC(=O)C3(c4ccc5c(c4)OC(F)(F)O5)CC3)ccc2C)cc2c1OCC2. The number of benzene rings is 3. The highest BCUT2D eigenvalue weighted by Crippen LogP contribution is 2.52. The van der Waals surface area contributed by atoms with Gasteiger partial charge in [0.25, 0.3) is 0 Å². The maximum atomic E-state index is 13.5. The van der Waals surface area contributed by atoms with Crippen LogP contribution in [-0.2, 0) is 23.1 Å². The molecule has 7 heteroatoms. The van der Waals surface area contributed by atoms with Gasteiger partial charge in [0, 0.05) is 12.8 Å². The smallest absolute Gasteiger partial charge is 0.492 e. The normalized spacial score (nSPS) is 17.9. The topological polar surface area (TPSA) is 61.8 Å². The quantitative estimate of drug-likeness (QED) is 0.399. The van der Waals surface area contributed by atoms with Crippen LogP contribution in [0.15, 0.2) is 48.5 Å². The molecule has 0 aromatic heterocycles. The molecule has 1 aliphatic carbocycles. The van der Waals surface area contributed by atoms with Crippen molar-refractivity contribution in [1.82, 2.24) is 0 Å². The van der Waals surface area contributed by atoms with Crippen molar-refractivity contribution in [2.24, 2.45) is 0 Å². The lowest BCUT2D eigenvalue weighted by Crippen LogP contribution is -2.26. The summed E-state index contributed by atoms with van der Waals surface area (Å²) in [7, 11) is 0. The Labute approximate surface area is 207 Å². The average molecular weight is 491 g/mol. The number of aryl methyl sites for hydroxylation is 1. The molecule has 5 nitrogen and oxygen atoms in total. The van der Waals surface area contributed by atoms with E-state index in [1.165, 1.54) is 19.1 Å². The van der Waals surface area contributed by atoms with E-state index < -0.39 is 11.7 Å². The van der Waals surface area contributed by atoms with E-state index in [2.05, 4.69) is 15.5 Å². The molecule has 2 aliphatic heterocycles. The molecule has 0 N–H and O–H groups in total. The lowest BCUT2D eigenvalue weighted by atomic mass is 9.86. The molecule has 0 spiro atoms. The third-order valence-corrected chi connectivity index (χ3v) is 7.38. The number of ketones is 2. The van der Waals surface area contributed by atoms with Crippen LogP contribution in [0.5, 0.6) is 17.2 Å². The van der Waals surface area contributed by atoms with Crippen molar-refractivity contribution in [3.8, 4) is 28.4 Å². The molecule has 0 atom stereocenters. The van der Waals surface area contributed by atoms with Crippen LogP contribution in [0.3, 0.4) is 0 Å². The van der Waals surface area contributed by atoms with Gasteiger partial charge in [-0.15, -0.1) is 8.78 Å². The summed E-state index contributed by atoms with van der Waals surface area (Å²) >= 11 is 0. The maximum Gasteiger partial charge on any atom is 0.586 e. The summed E-state index contributed by atoms with van der Waals surface area (Å²) in [6.07, 6.45) is -1.40. The number of ether oxygens (including phenoxy) is 3. The Hall–Kier alpha value is -3.74. The van der Waals surface area contributed by atoms with Crippen molar-refractivity contribution in [3.05, 3.63) is 76.3 Å². The highest BCUT2D eigenvalue weighted by Gasteiger charge is 2.52. The monoisotopic (exact) mass is 490 g/mol. The summed E-state index contributed by atoms with van der Waals surface area (Å²) in [6, 6.07) is 14.5. The molecule has 0 saturated heterocycles. The molecule has 3 aromatic rings. The van der Waals surface area contributed by atoms with Crippen molar-refractivity contribution < 1.29 is 32.6 Å². The molecule has 3 aromatic carbocycles. The van der Waals surface area contributed by atoms with E-state index in [1.54, 1.807) is 6.07 Å². The maximum absolute atomic E-state index is 13.5. The molecule has 0 radical (unpaired) electrons. The third-order valence-electron chi connectivity index (χ3n) is 7.38. The number of Topliss-reactive ketones (excluding diaryl/α,β-unsaturated/α-hetero) is 2. The summed E-state index contributed by atoms with van der Waals surface area (Å²) in [5.74, 6) is 0.592. The summed E-state index contributed by atoms with van der Waals surface area (Å²) in [4.78, 5) is 25.7. The fourth-order valence-corrected chi connectivity index (χ4v) is 5.27. The van der Waals surface area contributed by atoms with Crippen molar-refractivity contribution in [2.75, 3.05) is 6.61 Å². The Morgan fingerprint density at radius 1 is 0.972 bits per heavy atom. The van der Waals surface area contributed by atoms with Gasteiger partial charge in [-0.1, -0.05) is 24.3 Å². The second-order valence-electron chi connectivity index (χ2n) is 9.83. The predicted octanol–water partition coefficient (Wildman–Crippen LogP) is 5.96. The predicted molar refractivity (Wildman–Crippen MR) is 128 cm³/mol. The average Bonchev–Trinajstić information content (AvgIpc) is 3.39. The first-order chi connectivity index (χ1) is 17.1. The number of hydrogen-bond acceptors (Lipinski definition) is 5. The van der Waals surface area contributed by atoms with Gasteiger partial charge in [-0.3, -0.25) is 9.59 Å². The third kappa shape index (κ3) is 3.74. The van der Waals surface area contributed by atoms with Crippen LogP contribution in [0.1, 0.15) is 52.4 Å². The largest absolute Gasteiger partial charge is 0.586 e. The molecule has 0 bridgehead atoms. The van der Waals surface area contributed by atoms with Gasteiger partial charge in [0.15, 0.2) is 17.3 Å². The minimum Gasteiger partial charge on any atom is -0.492 e. The lowest BCUT2D eigenvalue weighted by molar-refractivity contribution is -0.286. The van der Waals surface area contributed by atoms with E-state index in [4.69, 9.17) is 4.74 Å². The van der Waals surface area contributed by atoms with Gasteiger partial charge in [0.1, 0.15) is 11.5 Å². The zero-order valence-electron chi connectivity index (χ0n) is 20.0. The zero-order chi connectivity index (χ0) is 25.2. The van der Waals surface area contributed by atoms with Crippen LogP contribution >= 0.6 is 0 Å². The molecule has 184 valence electrons. The van der Waals surface area contributed by atoms with Gasteiger partial charge in [-0.05, 0) is 84.3 Å². The van der Waals surface area contributed by atoms with Gasteiger partial charge in [-0.25, -0.2) is 0 Å². The first kappa shape index (κ1) is 22.7. The summed E-state index contributed by atoms with van der Waals surface area (Å²) < 4.78 is 41.7. The molecular formula is C29H24F2O5. The van der Waals surface area contributed by atoms with Gasteiger partial charge < -0.3 is 14.2 Å². The minimum atomic E-state index is -3.69. The van der Waals surface area contributed by atoms with E-state index in [-0.39, 0.29) is 29.5 Å². The molecule has 36 heavy (non-hydrogen) atoms. The van der Waals surface area contributed by atoms with E-state index in [9.17, 15) is 18.4 Å². The standard InChI is InChI=1S/C29H24F2O5/c1-16-3-4-18(11-22(16)20-13-19-7-10-34-27(19)23(14-20)17(2)32)12-26(33)28(8-9-28)21-5-6-24-25(15-21)36-29(30,31)35-24/h3-6,11,13-15H,7-10,12H2,1-2H3. The molecule has 0 unspecified atom stereocenters. The van der Waals surface area contributed by atoms with Gasteiger partial charge in [0.05, 0.1) is 17.6 Å². The Morgan fingerprint density at radius 2 is 1.75 bits per heavy atom. The molecule has 6 rings (SSSR count). The molecule has 1 fully saturated rings. The first-order valence-corrected chi connectivity index (χ1v) is 12.0. The number of hydrogen-bond donors (Lipinski definition) is 0. The highest BCUT2D eigenvalue weighted by atomic mass is 19.3. The molecule has 1 saturated carbocycles. The van der Waals surface area contributed by atoms with Crippen molar-refractivity contribution in [2.45, 2.75) is 51.2 Å². The van der Waals surface area contributed by atoms with E-state index in [1.807, 2.05) is 31.2 Å². The second kappa shape index (κ2) is 7.88. The zero-order valence-corrected chi connectivity index (χ0v) is 20.0. The van der Waals surface area contributed by atoms with Crippen LogP contribution < -0.4 is 14.2 Å². The van der Waals surface area contributed by atoms with Crippen LogP contribution in [0.25, 0.3) is 11.1 Å². The fraction of sp³-hybridized carbons (Fsp3) is 0.310. The molecule has 0 amide bonds. The molecular weight excluding hydrogens is 466 g/mol. The fourth-order valence-electron chi connectivity index (χ4n) is 5.27. The van der Waals surface area contributed by atoms with Crippen LogP contribution in [0, 0.1) is 6.92 Å². The number of carbonyl (C=O) groups is 2. The van der Waals surface area contributed by atoms with Gasteiger partial charge >= 0.3 is 6.29 Å². The Bertz CT molecular complexity index is 1440. The van der Waals surface area contributed by atoms with E-state index in [0.717, 1.165) is 34.2 Å². The van der Waals surface area contributed by atoms with Crippen LogP contribution in [-0.4, -0.2) is 24.5 Å². The Morgan fingerprint density at radius 3 is 2.50 bits per heavy atom. The van der Waals surface area contributed by atoms with E-state index in [0.29, 0.717) is 36.3 Å². The summed E-state index contributed by atoms with van der Waals surface area (Å²) in [6.45, 7) is 4.10. The number of carbonyl (C=O) groups excluding carboxylic acids is 2. The number of alkyl halides is 2. The van der Waals surface area contributed by atoms with E-state index >= 15 is 0 Å². The highest BCUT2D eigenvalue weighted by molar-refractivity contribution is 5.99. The van der Waals surface area contributed by atoms with Crippen LogP contribution in [0.4, 0.5) is 8.78 Å². The van der Waals surface area contributed by atoms with Crippen molar-refractivity contribution >= 4 is 11.6 Å².